The van der Waals surface area contributed by atoms with E-state index in [1.807, 2.05) is 31.2 Å². The molecule has 0 aliphatic carbocycles. The van der Waals surface area contributed by atoms with E-state index in [0.29, 0.717) is 16.4 Å². The van der Waals surface area contributed by atoms with Gasteiger partial charge in [-0.25, -0.2) is 4.39 Å². The Bertz CT molecular complexity index is 1080. The number of thioether (sulfide) groups is 1. The van der Waals surface area contributed by atoms with Crippen LogP contribution in [0.3, 0.4) is 0 Å². The van der Waals surface area contributed by atoms with E-state index in [0.717, 1.165) is 41.2 Å². The molecule has 0 saturated heterocycles. The molecular formula is C23H25ClFN5S. The molecule has 162 valence electrons. The maximum absolute atomic E-state index is 14.3. The summed E-state index contributed by atoms with van der Waals surface area (Å²) in [5.41, 5.74) is 18.5. The number of hydrogen-bond donors (Lipinski definition) is 5. The third kappa shape index (κ3) is 5.91. The molecule has 8 heteroatoms. The van der Waals surface area contributed by atoms with Crippen molar-refractivity contribution >= 4 is 40.3 Å². The molecule has 0 radical (unpaired) electrons. The predicted octanol–water partition coefficient (Wildman–Crippen LogP) is 4.99. The lowest BCUT2D eigenvalue weighted by Gasteiger charge is -2.19. The number of hydrogen-bond acceptors (Lipinski definition) is 6. The molecular weight excluding hydrogens is 433 g/mol. The van der Waals surface area contributed by atoms with E-state index in [1.165, 1.54) is 35.5 Å². The fourth-order valence-electron chi connectivity index (χ4n) is 3.20. The second kappa shape index (κ2) is 10.5. The number of nitrogens with two attached hydrogens (primary N) is 2. The largest absolute Gasteiger partial charge is 0.398 e. The summed E-state index contributed by atoms with van der Waals surface area (Å²) in [6.07, 6.45) is 4.45. The maximum atomic E-state index is 14.3. The first kappa shape index (κ1) is 22.9. The summed E-state index contributed by atoms with van der Waals surface area (Å²) in [4.78, 5) is 0.955. The van der Waals surface area contributed by atoms with Gasteiger partial charge in [-0.15, -0.1) is 0 Å². The predicted molar refractivity (Wildman–Crippen MR) is 130 cm³/mol. The fraction of sp³-hybridized carbons (Fsp3) is 0.174. The number of rotatable bonds is 7. The SMILES string of the molecule is Cc1ccc(NC(/C=C(\N)c2cc(Cl)ccc2F)=C(/N)C2=CCNCC2)cc1SC=N. The number of halogens is 2. The molecule has 5 nitrogen and oxygen atoms in total. The summed E-state index contributed by atoms with van der Waals surface area (Å²) in [6.45, 7) is 3.54. The normalized spacial score (nSPS) is 15.2. The first-order valence-corrected chi connectivity index (χ1v) is 11.0. The number of allylic oxidation sites excluding steroid dienone is 2. The van der Waals surface area contributed by atoms with Gasteiger partial charge in [-0.3, -0.25) is 0 Å². The average molecular weight is 458 g/mol. The van der Waals surface area contributed by atoms with Crippen LogP contribution in [0.2, 0.25) is 5.02 Å². The van der Waals surface area contributed by atoms with E-state index < -0.39 is 5.82 Å². The minimum Gasteiger partial charge on any atom is -0.398 e. The van der Waals surface area contributed by atoms with E-state index in [9.17, 15) is 4.39 Å². The quantitative estimate of drug-likeness (QED) is 0.174. The lowest BCUT2D eigenvalue weighted by Crippen LogP contribution is -2.24. The Hall–Kier alpha value is -2.74. The van der Waals surface area contributed by atoms with Gasteiger partial charge < -0.3 is 27.5 Å². The molecule has 2 aromatic rings. The highest BCUT2D eigenvalue weighted by molar-refractivity contribution is 8.12. The molecule has 31 heavy (non-hydrogen) atoms. The second-order valence-electron chi connectivity index (χ2n) is 7.08. The Morgan fingerprint density at radius 2 is 2.06 bits per heavy atom. The lowest BCUT2D eigenvalue weighted by atomic mass is 10.0. The highest BCUT2D eigenvalue weighted by Gasteiger charge is 2.13. The molecule has 0 amide bonds. The van der Waals surface area contributed by atoms with E-state index in [-0.39, 0.29) is 11.3 Å². The van der Waals surface area contributed by atoms with Crippen molar-refractivity contribution in [3.05, 3.63) is 87.5 Å². The van der Waals surface area contributed by atoms with Crippen LogP contribution in [0.5, 0.6) is 0 Å². The minimum absolute atomic E-state index is 0.209. The third-order valence-corrected chi connectivity index (χ3v) is 5.94. The third-order valence-electron chi connectivity index (χ3n) is 4.89. The molecule has 0 aromatic heterocycles. The molecule has 0 saturated carbocycles. The van der Waals surface area contributed by atoms with Crippen LogP contribution in [0.1, 0.15) is 17.5 Å². The Morgan fingerprint density at radius 1 is 1.26 bits per heavy atom. The zero-order chi connectivity index (χ0) is 22.4. The van der Waals surface area contributed by atoms with Crippen molar-refractivity contribution in [3.8, 4) is 0 Å². The Labute approximate surface area is 190 Å². The van der Waals surface area contributed by atoms with Crippen LogP contribution in [0.25, 0.3) is 5.70 Å². The van der Waals surface area contributed by atoms with Crippen LogP contribution in [0, 0.1) is 18.2 Å². The number of anilines is 1. The van der Waals surface area contributed by atoms with Gasteiger partial charge in [0.15, 0.2) is 0 Å². The maximum Gasteiger partial charge on any atom is 0.132 e. The number of aryl methyl sites for hydroxylation is 1. The molecule has 1 aliphatic heterocycles. The molecule has 1 heterocycles. The van der Waals surface area contributed by atoms with Crippen LogP contribution in [0.4, 0.5) is 10.1 Å². The first-order chi connectivity index (χ1) is 14.9. The summed E-state index contributed by atoms with van der Waals surface area (Å²) in [7, 11) is 0. The standard InChI is InChI=1S/C23H25ClFN5S/c1-14-2-4-17(11-22(14)31-13-26)30-21(23(28)15-6-8-29-9-7-15)12-20(27)18-10-16(24)3-5-19(18)25/h2-6,10-13,26,29-30H,7-9,27-28H2,1H3/b20-12-,23-21+,26-13?. The van der Waals surface area contributed by atoms with Gasteiger partial charge in [-0.2, -0.15) is 0 Å². The van der Waals surface area contributed by atoms with E-state index in [4.69, 9.17) is 28.5 Å². The molecule has 7 N–H and O–H groups in total. The lowest BCUT2D eigenvalue weighted by molar-refractivity contribution is 0.624. The van der Waals surface area contributed by atoms with Crippen LogP contribution in [-0.4, -0.2) is 18.6 Å². The van der Waals surface area contributed by atoms with E-state index in [1.54, 1.807) is 6.08 Å². The minimum atomic E-state index is -0.461. The van der Waals surface area contributed by atoms with Crippen molar-refractivity contribution in [3.63, 3.8) is 0 Å². The smallest absolute Gasteiger partial charge is 0.132 e. The molecule has 2 aromatic carbocycles. The molecule has 0 bridgehead atoms. The molecule has 0 fully saturated rings. The van der Waals surface area contributed by atoms with Crippen LogP contribution in [-0.2, 0) is 0 Å². The zero-order valence-electron chi connectivity index (χ0n) is 17.1. The highest BCUT2D eigenvalue weighted by atomic mass is 35.5. The van der Waals surface area contributed by atoms with E-state index >= 15 is 0 Å². The number of nitrogens with one attached hydrogen (secondary N) is 3. The molecule has 0 atom stereocenters. The van der Waals surface area contributed by atoms with Gasteiger partial charge in [-0.05, 0) is 67.4 Å². The Balaban J connectivity index is 2.05. The van der Waals surface area contributed by atoms with Gasteiger partial charge in [0.25, 0.3) is 0 Å². The number of benzene rings is 2. The van der Waals surface area contributed by atoms with Gasteiger partial charge in [0.2, 0.25) is 0 Å². The van der Waals surface area contributed by atoms with Crippen molar-refractivity contribution < 1.29 is 4.39 Å². The molecule has 0 spiro atoms. The van der Waals surface area contributed by atoms with Gasteiger partial charge >= 0.3 is 0 Å². The Kier molecular flexibility index (Phi) is 7.79. The van der Waals surface area contributed by atoms with Gasteiger partial charge in [0, 0.05) is 33.4 Å². The van der Waals surface area contributed by atoms with Crippen molar-refractivity contribution in [2.45, 2.75) is 18.2 Å². The molecule has 3 rings (SSSR count). The van der Waals surface area contributed by atoms with Gasteiger partial charge in [0.1, 0.15) is 5.82 Å². The van der Waals surface area contributed by atoms with E-state index in [2.05, 4.69) is 10.6 Å². The summed E-state index contributed by atoms with van der Waals surface area (Å²) in [5, 5.41) is 14.4. The topological polar surface area (TPSA) is 99.9 Å². The van der Waals surface area contributed by atoms with Crippen molar-refractivity contribution in [2.24, 2.45) is 11.5 Å². The van der Waals surface area contributed by atoms with Crippen molar-refractivity contribution in [1.29, 1.82) is 5.41 Å². The van der Waals surface area contributed by atoms with Crippen molar-refractivity contribution in [1.82, 2.24) is 5.32 Å². The van der Waals surface area contributed by atoms with Gasteiger partial charge in [0.05, 0.1) is 16.9 Å². The monoisotopic (exact) mass is 457 g/mol. The summed E-state index contributed by atoms with van der Waals surface area (Å²) in [6, 6.07) is 10.1. The Morgan fingerprint density at radius 3 is 2.77 bits per heavy atom. The second-order valence-corrected chi connectivity index (χ2v) is 8.42. The summed E-state index contributed by atoms with van der Waals surface area (Å²) >= 11 is 7.36. The zero-order valence-corrected chi connectivity index (χ0v) is 18.7. The van der Waals surface area contributed by atoms with Crippen molar-refractivity contribution in [2.75, 3.05) is 18.4 Å². The summed E-state index contributed by atoms with van der Waals surface area (Å²) in [5.74, 6) is -0.461. The summed E-state index contributed by atoms with van der Waals surface area (Å²) < 4.78 is 14.3. The highest BCUT2D eigenvalue weighted by Crippen LogP contribution is 2.27. The average Bonchev–Trinajstić information content (AvgIpc) is 2.77. The fourth-order valence-corrected chi connectivity index (χ4v) is 3.95. The molecule has 1 aliphatic rings. The van der Waals surface area contributed by atoms with Crippen LogP contribution >= 0.6 is 23.4 Å². The van der Waals surface area contributed by atoms with Crippen LogP contribution < -0.4 is 22.1 Å². The first-order valence-electron chi connectivity index (χ1n) is 9.74. The van der Waals surface area contributed by atoms with Crippen LogP contribution in [0.15, 0.2) is 70.4 Å². The molecule has 0 unspecified atom stereocenters. The van der Waals surface area contributed by atoms with Gasteiger partial charge in [-0.1, -0.05) is 35.5 Å².